The molecule has 0 radical (unpaired) electrons. The fourth-order valence-electron chi connectivity index (χ4n) is 2.45. The standard InChI is InChI=1S/C11H12Br2N4O4/c12-7-6-9(15-11(14)16-10(6)20)17(8(7)13)5-1-3(19)4(2-18)21-5/h3-5,18-19H,1-2H2,(H3,14,15,16,20)/t3-,4+,5+/m0/s1. The Morgan fingerprint density at radius 3 is 2.86 bits per heavy atom. The number of halogens is 2. The van der Waals surface area contributed by atoms with E-state index in [4.69, 9.17) is 10.5 Å². The monoisotopic (exact) mass is 422 g/mol. The molecule has 0 aromatic carbocycles. The number of nitrogens with one attached hydrogen (secondary N) is 1. The summed E-state index contributed by atoms with van der Waals surface area (Å²) in [6.07, 6.45) is -1.75. The third-order valence-electron chi connectivity index (χ3n) is 3.43. The van der Waals surface area contributed by atoms with Crippen molar-refractivity contribution >= 4 is 48.8 Å². The molecule has 0 saturated carbocycles. The molecule has 1 saturated heterocycles. The summed E-state index contributed by atoms with van der Waals surface area (Å²) in [6, 6.07) is 0. The number of H-pyrrole nitrogens is 1. The van der Waals surface area contributed by atoms with Gasteiger partial charge in [-0.3, -0.25) is 14.3 Å². The Kier molecular flexibility index (Phi) is 3.82. The molecule has 0 unspecified atom stereocenters. The zero-order valence-corrected chi connectivity index (χ0v) is 13.8. The smallest absolute Gasteiger partial charge is 0.262 e. The first kappa shape index (κ1) is 15.0. The predicted octanol–water partition coefficient (Wildman–Crippen LogP) is 0.472. The molecule has 1 aliphatic heterocycles. The maximum atomic E-state index is 12.0. The molecule has 2 aromatic rings. The number of aromatic nitrogens is 3. The highest BCUT2D eigenvalue weighted by Gasteiger charge is 2.37. The van der Waals surface area contributed by atoms with Crippen LogP contribution in [0.25, 0.3) is 11.0 Å². The Bertz CT molecular complexity index is 759. The minimum Gasteiger partial charge on any atom is -0.394 e. The van der Waals surface area contributed by atoms with E-state index in [0.29, 0.717) is 20.1 Å². The van der Waals surface area contributed by atoms with Crippen LogP contribution in [0.3, 0.4) is 0 Å². The van der Waals surface area contributed by atoms with Gasteiger partial charge >= 0.3 is 0 Å². The highest BCUT2D eigenvalue weighted by molar-refractivity contribution is 9.13. The number of aromatic amines is 1. The first-order valence-corrected chi connectivity index (χ1v) is 7.71. The van der Waals surface area contributed by atoms with Crippen molar-refractivity contribution in [2.24, 2.45) is 0 Å². The first-order chi connectivity index (χ1) is 9.93. The van der Waals surface area contributed by atoms with Gasteiger partial charge in [0.15, 0.2) is 5.65 Å². The average Bonchev–Trinajstić information content (AvgIpc) is 2.89. The summed E-state index contributed by atoms with van der Waals surface area (Å²) < 4.78 is 8.32. The van der Waals surface area contributed by atoms with Gasteiger partial charge in [-0.25, -0.2) is 0 Å². The molecule has 5 N–H and O–H groups in total. The molecule has 3 rings (SSSR count). The minimum absolute atomic E-state index is 0.0106. The second kappa shape index (κ2) is 5.36. The molecule has 0 spiro atoms. The van der Waals surface area contributed by atoms with Crippen LogP contribution in [0.4, 0.5) is 5.95 Å². The number of nitrogens with two attached hydrogens (primary N) is 1. The van der Waals surface area contributed by atoms with Crippen LogP contribution in [0.15, 0.2) is 13.9 Å². The zero-order valence-electron chi connectivity index (χ0n) is 10.6. The van der Waals surface area contributed by atoms with Gasteiger partial charge in [-0.15, -0.1) is 0 Å². The van der Waals surface area contributed by atoms with Crippen molar-refractivity contribution in [1.29, 1.82) is 0 Å². The van der Waals surface area contributed by atoms with Crippen LogP contribution in [0, 0.1) is 0 Å². The lowest BCUT2D eigenvalue weighted by atomic mass is 10.2. The van der Waals surface area contributed by atoms with Crippen molar-refractivity contribution in [1.82, 2.24) is 14.5 Å². The van der Waals surface area contributed by atoms with Crippen LogP contribution in [0.5, 0.6) is 0 Å². The van der Waals surface area contributed by atoms with E-state index >= 15 is 0 Å². The summed E-state index contributed by atoms with van der Waals surface area (Å²) in [5.74, 6) is -0.0106. The lowest BCUT2D eigenvalue weighted by molar-refractivity contribution is -0.0437. The number of aliphatic hydroxyl groups is 2. The van der Waals surface area contributed by atoms with Gasteiger partial charge in [0.2, 0.25) is 5.95 Å². The molecule has 3 heterocycles. The van der Waals surface area contributed by atoms with Crippen molar-refractivity contribution in [3.63, 3.8) is 0 Å². The second-order valence-electron chi connectivity index (χ2n) is 4.74. The lowest BCUT2D eigenvalue weighted by Gasteiger charge is -2.15. The number of nitrogens with zero attached hydrogens (tertiary/aromatic N) is 2. The Labute approximate surface area is 135 Å². The van der Waals surface area contributed by atoms with Gasteiger partial charge in [0.05, 0.1) is 22.6 Å². The lowest BCUT2D eigenvalue weighted by Crippen LogP contribution is -2.24. The molecule has 1 fully saturated rings. The van der Waals surface area contributed by atoms with Crippen LogP contribution in [-0.2, 0) is 4.74 Å². The Hall–Kier alpha value is -0.940. The van der Waals surface area contributed by atoms with Gasteiger partial charge in [-0.1, -0.05) is 0 Å². The molecule has 2 aromatic heterocycles. The van der Waals surface area contributed by atoms with Crippen molar-refractivity contribution in [2.45, 2.75) is 24.9 Å². The average molecular weight is 424 g/mol. The van der Waals surface area contributed by atoms with Crippen LogP contribution < -0.4 is 11.3 Å². The summed E-state index contributed by atoms with van der Waals surface area (Å²) in [5, 5.41) is 19.4. The minimum atomic E-state index is -0.789. The number of aliphatic hydroxyl groups excluding tert-OH is 2. The molecule has 8 nitrogen and oxygen atoms in total. The Morgan fingerprint density at radius 2 is 2.24 bits per heavy atom. The summed E-state index contributed by atoms with van der Waals surface area (Å²) in [7, 11) is 0. The fraction of sp³-hybridized carbons (Fsp3) is 0.455. The molecule has 0 amide bonds. The normalized spacial score (nSPS) is 25.8. The maximum absolute atomic E-state index is 12.0. The second-order valence-corrected chi connectivity index (χ2v) is 6.28. The molecular formula is C11H12Br2N4O4. The summed E-state index contributed by atoms with van der Waals surface area (Å²) in [4.78, 5) is 18.6. The number of rotatable bonds is 2. The van der Waals surface area contributed by atoms with Gasteiger partial charge in [0, 0.05) is 6.42 Å². The van der Waals surface area contributed by atoms with E-state index in [1.165, 1.54) is 0 Å². The highest BCUT2D eigenvalue weighted by Crippen LogP contribution is 2.39. The topological polar surface area (TPSA) is 126 Å². The maximum Gasteiger partial charge on any atom is 0.262 e. The molecule has 0 bridgehead atoms. The molecule has 0 aliphatic carbocycles. The number of anilines is 1. The van der Waals surface area contributed by atoms with Gasteiger partial charge in [0.1, 0.15) is 16.9 Å². The van der Waals surface area contributed by atoms with Crippen molar-refractivity contribution < 1.29 is 14.9 Å². The van der Waals surface area contributed by atoms with E-state index in [-0.39, 0.29) is 24.5 Å². The van der Waals surface area contributed by atoms with E-state index in [0.717, 1.165) is 0 Å². The predicted molar refractivity (Wildman–Crippen MR) is 81.8 cm³/mol. The molecule has 21 heavy (non-hydrogen) atoms. The number of nitrogen functional groups attached to an aromatic ring is 1. The Balaban J connectivity index is 2.20. The van der Waals surface area contributed by atoms with Crippen LogP contribution >= 0.6 is 31.9 Å². The largest absolute Gasteiger partial charge is 0.394 e. The van der Waals surface area contributed by atoms with Crippen molar-refractivity contribution in [2.75, 3.05) is 12.3 Å². The zero-order chi connectivity index (χ0) is 15.3. The third kappa shape index (κ3) is 2.30. The third-order valence-corrected chi connectivity index (χ3v) is 5.51. The number of hydrogen-bond donors (Lipinski definition) is 4. The quantitative estimate of drug-likeness (QED) is 0.556. The number of ether oxygens (including phenoxy) is 1. The molecule has 10 heteroatoms. The van der Waals surface area contributed by atoms with E-state index in [9.17, 15) is 15.0 Å². The summed E-state index contributed by atoms with van der Waals surface area (Å²) >= 11 is 6.72. The summed E-state index contributed by atoms with van der Waals surface area (Å²) in [6.45, 7) is -0.286. The van der Waals surface area contributed by atoms with Crippen LogP contribution in [0.1, 0.15) is 12.6 Å². The highest BCUT2D eigenvalue weighted by atomic mass is 79.9. The van der Waals surface area contributed by atoms with E-state index in [2.05, 4.69) is 41.8 Å². The molecule has 1 aliphatic rings. The SMILES string of the molecule is Nc1nc2c(c(Br)c(Br)n2[C@H]2C[C@H](O)[C@@H](CO)O2)c(=O)[nH]1. The van der Waals surface area contributed by atoms with Crippen molar-refractivity contribution in [3.8, 4) is 0 Å². The van der Waals surface area contributed by atoms with Gasteiger partial charge in [-0.05, 0) is 31.9 Å². The van der Waals surface area contributed by atoms with E-state index in [1.807, 2.05) is 0 Å². The summed E-state index contributed by atoms with van der Waals surface area (Å²) in [5.41, 5.74) is 5.56. The molecular weight excluding hydrogens is 412 g/mol. The van der Waals surface area contributed by atoms with Crippen LogP contribution in [-0.4, -0.2) is 43.6 Å². The van der Waals surface area contributed by atoms with Crippen LogP contribution in [0.2, 0.25) is 0 Å². The van der Waals surface area contributed by atoms with Gasteiger partial charge in [-0.2, -0.15) is 4.98 Å². The van der Waals surface area contributed by atoms with Gasteiger partial charge < -0.3 is 20.7 Å². The molecule has 114 valence electrons. The number of hydrogen-bond acceptors (Lipinski definition) is 6. The first-order valence-electron chi connectivity index (χ1n) is 6.13. The number of fused-ring (bicyclic) bond motifs is 1. The van der Waals surface area contributed by atoms with Crippen molar-refractivity contribution in [3.05, 3.63) is 19.4 Å². The van der Waals surface area contributed by atoms with E-state index in [1.54, 1.807) is 4.57 Å². The molecule has 3 atom stereocenters. The fourth-order valence-corrected chi connectivity index (χ4v) is 3.60. The van der Waals surface area contributed by atoms with E-state index < -0.39 is 18.4 Å². The van der Waals surface area contributed by atoms with Gasteiger partial charge in [0.25, 0.3) is 5.56 Å². The Morgan fingerprint density at radius 1 is 1.52 bits per heavy atom.